The highest BCUT2D eigenvalue weighted by Crippen LogP contribution is 2.02. The Kier molecular flexibility index (Phi) is 3.52. The minimum absolute atomic E-state index is 0.0969. The second kappa shape index (κ2) is 5.27. The van der Waals surface area contributed by atoms with E-state index < -0.39 is 0 Å². The third-order valence-corrected chi connectivity index (χ3v) is 2.34. The monoisotopic (exact) mass is 244 g/mol. The van der Waals surface area contributed by atoms with Crippen LogP contribution in [0.25, 0.3) is 0 Å². The number of hydrogen-bond donors (Lipinski definition) is 1. The number of nitrogens with one attached hydrogen (secondary N) is 1. The van der Waals surface area contributed by atoms with Crippen LogP contribution >= 0.6 is 0 Å². The summed E-state index contributed by atoms with van der Waals surface area (Å²) in [5.74, 6) is -0.363. The molecule has 0 saturated carbocycles. The van der Waals surface area contributed by atoms with Gasteiger partial charge in [0.1, 0.15) is 0 Å². The smallest absolute Gasteiger partial charge is 0.253 e. The van der Waals surface area contributed by atoms with Gasteiger partial charge in [-0.3, -0.25) is 14.6 Å². The van der Waals surface area contributed by atoms with Crippen LogP contribution in [0.4, 0.5) is 0 Å². The number of aryl methyl sites for hydroxylation is 1. The summed E-state index contributed by atoms with van der Waals surface area (Å²) < 4.78 is 4.94. The third kappa shape index (κ3) is 2.82. The van der Waals surface area contributed by atoms with Crippen LogP contribution in [0, 0.1) is 6.92 Å². The number of hydrogen-bond acceptors (Lipinski definition) is 4. The van der Waals surface area contributed by atoms with E-state index in [-0.39, 0.29) is 24.0 Å². The van der Waals surface area contributed by atoms with E-state index in [1.54, 1.807) is 24.4 Å². The summed E-state index contributed by atoms with van der Waals surface area (Å²) in [6, 6.07) is 4.89. The predicted octanol–water partition coefficient (Wildman–Crippen LogP) is 1.60. The highest BCUT2D eigenvalue weighted by Gasteiger charge is 2.11. The molecule has 0 saturated heterocycles. The lowest BCUT2D eigenvalue weighted by molar-refractivity contribution is 0.0892. The number of furan rings is 1. The molecule has 0 radical (unpaired) electrons. The second-order valence-corrected chi connectivity index (χ2v) is 3.83. The third-order valence-electron chi connectivity index (χ3n) is 2.34. The van der Waals surface area contributed by atoms with Crippen LogP contribution in [-0.4, -0.2) is 23.2 Å². The molecule has 0 aromatic carbocycles. The van der Waals surface area contributed by atoms with E-state index in [1.165, 1.54) is 12.5 Å². The van der Waals surface area contributed by atoms with Crippen molar-refractivity contribution >= 4 is 11.7 Å². The van der Waals surface area contributed by atoms with Gasteiger partial charge < -0.3 is 9.73 Å². The van der Waals surface area contributed by atoms with E-state index in [2.05, 4.69) is 10.3 Å². The average Bonchev–Trinajstić information content (AvgIpc) is 2.89. The molecule has 18 heavy (non-hydrogen) atoms. The summed E-state index contributed by atoms with van der Waals surface area (Å²) in [6.07, 6.45) is 4.53. The molecule has 2 heterocycles. The predicted molar refractivity (Wildman–Crippen MR) is 64.3 cm³/mol. The zero-order valence-corrected chi connectivity index (χ0v) is 9.84. The van der Waals surface area contributed by atoms with E-state index in [0.29, 0.717) is 5.56 Å². The van der Waals surface area contributed by atoms with Crippen molar-refractivity contribution < 1.29 is 14.0 Å². The van der Waals surface area contributed by atoms with Crippen LogP contribution in [0.1, 0.15) is 26.5 Å². The average molecular weight is 244 g/mol. The first-order valence-electron chi connectivity index (χ1n) is 5.43. The summed E-state index contributed by atoms with van der Waals surface area (Å²) in [7, 11) is 0. The van der Waals surface area contributed by atoms with Crippen molar-refractivity contribution in [3.05, 3.63) is 53.7 Å². The molecule has 5 nitrogen and oxygen atoms in total. The molecule has 0 aliphatic carbocycles. The fraction of sp³-hybridized carbons (Fsp3) is 0.154. The van der Waals surface area contributed by atoms with E-state index in [9.17, 15) is 9.59 Å². The van der Waals surface area contributed by atoms with Gasteiger partial charge in [-0.25, -0.2) is 0 Å². The molecule has 0 aliphatic heterocycles. The number of aromatic nitrogens is 1. The molecule has 2 aromatic heterocycles. The highest BCUT2D eigenvalue weighted by molar-refractivity contribution is 6.00. The summed E-state index contributed by atoms with van der Waals surface area (Å²) >= 11 is 0. The van der Waals surface area contributed by atoms with Crippen molar-refractivity contribution in [2.45, 2.75) is 6.92 Å². The lowest BCUT2D eigenvalue weighted by Crippen LogP contribution is -2.29. The van der Waals surface area contributed by atoms with Crippen LogP contribution in [0.3, 0.4) is 0 Å². The second-order valence-electron chi connectivity index (χ2n) is 3.83. The molecule has 92 valence electrons. The number of carbonyl (C=O) groups excluding carboxylic acids is 2. The normalized spacial score (nSPS) is 10.1. The Bertz CT molecular complexity index is 561. The standard InChI is InChI=1S/C13H12N2O3/c1-9-5-10(7-14-6-9)13(17)15-8-11(16)12-3-2-4-18-12/h2-7H,8H2,1H3,(H,15,17). The Labute approximate surface area is 104 Å². The summed E-state index contributed by atoms with van der Waals surface area (Å²) in [6.45, 7) is 1.75. The summed E-state index contributed by atoms with van der Waals surface area (Å²) in [5.41, 5.74) is 1.32. The first-order chi connectivity index (χ1) is 8.66. The molecule has 0 unspecified atom stereocenters. The van der Waals surface area contributed by atoms with Crippen LogP contribution in [0.5, 0.6) is 0 Å². The van der Waals surface area contributed by atoms with E-state index in [0.717, 1.165) is 5.56 Å². The molecule has 0 atom stereocenters. The van der Waals surface area contributed by atoms with Gasteiger partial charge in [0.2, 0.25) is 5.78 Å². The Morgan fingerprint density at radius 1 is 1.39 bits per heavy atom. The lowest BCUT2D eigenvalue weighted by atomic mass is 10.2. The Morgan fingerprint density at radius 3 is 2.89 bits per heavy atom. The molecule has 1 N–H and O–H groups in total. The quantitative estimate of drug-likeness (QED) is 0.829. The molecule has 0 spiro atoms. The Balaban J connectivity index is 1.95. The van der Waals surface area contributed by atoms with Gasteiger partial charge in [-0.15, -0.1) is 0 Å². The fourth-order valence-corrected chi connectivity index (χ4v) is 1.47. The van der Waals surface area contributed by atoms with Crippen LogP contribution in [-0.2, 0) is 0 Å². The SMILES string of the molecule is Cc1cncc(C(=O)NCC(=O)c2ccco2)c1. The molecule has 0 bridgehead atoms. The molecule has 0 fully saturated rings. The number of carbonyl (C=O) groups is 2. The Morgan fingerprint density at radius 2 is 2.22 bits per heavy atom. The van der Waals surface area contributed by atoms with E-state index in [4.69, 9.17) is 4.42 Å². The van der Waals surface area contributed by atoms with E-state index in [1.807, 2.05) is 6.92 Å². The molecule has 5 heteroatoms. The van der Waals surface area contributed by atoms with Crippen molar-refractivity contribution in [1.82, 2.24) is 10.3 Å². The maximum atomic E-state index is 11.7. The van der Waals surface area contributed by atoms with Gasteiger partial charge in [-0.2, -0.15) is 0 Å². The fourth-order valence-electron chi connectivity index (χ4n) is 1.47. The van der Waals surface area contributed by atoms with Crippen LogP contribution in [0.2, 0.25) is 0 Å². The van der Waals surface area contributed by atoms with Crippen LogP contribution < -0.4 is 5.32 Å². The lowest BCUT2D eigenvalue weighted by Gasteiger charge is -2.03. The first-order valence-corrected chi connectivity index (χ1v) is 5.43. The Hall–Kier alpha value is -2.43. The van der Waals surface area contributed by atoms with Gasteiger partial charge in [0.25, 0.3) is 5.91 Å². The molecule has 2 aromatic rings. The molecular weight excluding hydrogens is 232 g/mol. The van der Waals surface area contributed by atoms with Gasteiger partial charge in [0.05, 0.1) is 18.4 Å². The van der Waals surface area contributed by atoms with Crippen molar-refractivity contribution in [3.8, 4) is 0 Å². The van der Waals surface area contributed by atoms with Crippen molar-refractivity contribution in [3.63, 3.8) is 0 Å². The number of Topliss-reactive ketones (excluding diaryl/α,β-unsaturated/α-hetero) is 1. The summed E-state index contributed by atoms with van der Waals surface area (Å²) in [5, 5.41) is 2.53. The number of pyridine rings is 1. The van der Waals surface area contributed by atoms with Crippen LogP contribution in [0.15, 0.2) is 41.3 Å². The first kappa shape index (κ1) is 12.0. The maximum absolute atomic E-state index is 11.7. The number of ketones is 1. The van der Waals surface area contributed by atoms with Crippen molar-refractivity contribution in [2.75, 3.05) is 6.54 Å². The van der Waals surface area contributed by atoms with E-state index >= 15 is 0 Å². The molecule has 1 amide bonds. The highest BCUT2D eigenvalue weighted by atomic mass is 16.3. The zero-order valence-electron chi connectivity index (χ0n) is 9.84. The topological polar surface area (TPSA) is 72.2 Å². The molecular formula is C13H12N2O3. The summed E-state index contributed by atoms with van der Waals surface area (Å²) in [4.78, 5) is 27.2. The molecule has 2 rings (SSSR count). The van der Waals surface area contributed by atoms with Crippen molar-refractivity contribution in [1.29, 1.82) is 0 Å². The number of nitrogens with zero attached hydrogens (tertiary/aromatic N) is 1. The number of rotatable bonds is 4. The molecule has 0 aliphatic rings. The van der Waals surface area contributed by atoms with Gasteiger partial charge in [0.15, 0.2) is 5.76 Å². The maximum Gasteiger partial charge on any atom is 0.253 e. The van der Waals surface area contributed by atoms with Gasteiger partial charge in [0, 0.05) is 12.4 Å². The minimum Gasteiger partial charge on any atom is -0.461 e. The van der Waals surface area contributed by atoms with Gasteiger partial charge in [-0.1, -0.05) is 0 Å². The number of amides is 1. The van der Waals surface area contributed by atoms with Gasteiger partial charge >= 0.3 is 0 Å². The van der Waals surface area contributed by atoms with Crippen molar-refractivity contribution in [2.24, 2.45) is 0 Å². The zero-order chi connectivity index (χ0) is 13.0. The largest absolute Gasteiger partial charge is 0.461 e. The van der Waals surface area contributed by atoms with Gasteiger partial charge in [-0.05, 0) is 30.7 Å². The minimum atomic E-state index is -0.328.